The quantitative estimate of drug-likeness (QED) is 0.627. The Hall–Kier alpha value is -0.510. The van der Waals surface area contributed by atoms with E-state index in [0.717, 1.165) is 5.56 Å². The van der Waals surface area contributed by atoms with Crippen molar-refractivity contribution >= 4 is 40.7 Å². The van der Waals surface area contributed by atoms with Crippen LogP contribution in [0.15, 0.2) is 22.5 Å². The molecule has 0 bridgehead atoms. The predicted molar refractivity (Wildman–Crippen MR) is 52.4 cm³/mol. The molecule has 0 N–H and O–H groups in total. The molecule has 68 valence electrons. The van der Waals surface area contributed by atoms with Gasteiger partial charge in [-0.2, -0.15) is 4.53 Å². The van der Waals surface area contributed by atoms with E-state index in [2.05, 4.69) is 10.3 Å². The van der Waals surface area contributed by atoms with Crippen molar-refractivity contribution in [1.29, 1.82) is 0 Å². The fourth-order valence-electron chi connectivity index (χ4n) is 1.07. The molecule has 0 amide bonds. The molecule has 1 aromatic rings. The number of halogens is 3. The first-order valence-electron chi connectivity index (χ1n) is 3.50. The molecule has 3 nitrogen and oxygen atoms in total. The Balaban J connectivity index is 2.52. The van der Waals surface area contributed by atoms with Crippen LogP contribution in [-0.4, -0.2) is 4.53 Å². The van der Waals surface area contributed by atoms with Gasteiger partial charge in [0.1, 0.15) is 0 Å². The van der Waals surface area contributed by atoms with Gasteiger partial charge in [0.25, 0.3) is 0 Å². The molecule has 0 aromatic heterocycles. The van der Waals surface area contributed by atoms with E-state index in [1.165, 1.54) is 4.53 Å². The lowest BCUT2D eigenvalue weighted by atomic mass is 10.2. The molecular formula is C7H4Cl3N3. The summed E-state index contributed by atoms with van der Waals surface area (Å²) in [4.78, 5) is 0. The summed E-state index contributed by atoms with van der Waals surface area (Å²) in [5.41, 5.74) is 1.63. The average molecular weight is 236 g/mol. The molecule has 0 radical (unpaired) electrons. The van der Waals surface area contributed by atoms with Crippen LogP contribution in [0.5, 0.6) is 0 Å². The standard InChI is InChI=1S/C7H4Cl3N3/c8-5-1-4-3-13(10)12-11-7(4)2-6(5)9/h1-2H,3H2. The Kier molecular flexibility index (Phi) is 2.32. The molecule has 1 aromatic carbocycles. The SMILES string of the molecule is Clc1cc2c(cc1Cl)N=NN(Cl)C2. The molecule has 0 aliphatic carbocycles. The van der Waals surface area contributed by atoms with E-state index >= 15 is 0 Å². The zero-order valence-corrected chi connectivity index (χ0v) is 8.61. The fourth-order valence-corrected chi connectivity index (χ4v) is 1.57. The lowest BCUT2D eigenvalue weighted by Crippen LogP contribution is -2.06. The second kappa shape index (κ2) is 3.33. The van der Waals surface area contributed by atoms with Crippen LogP contribution in [0.3, 0.4) is 0 Å². The lowest BCUT2D eigenvalue weighted by molar-refractivity contribution is 0.436. The van der Waals surface area contributed by atoms with Crippen LogP contribution < -0.4 is 0 Å². The van der Waals surface area contributed by atoms with Crippen molar-refractivity contribution in [2.45, 2.75) is 6.54 Å². The minimum Gasteiger partial charge on any atom is -0.182 e. The average Bonchev–Trinajstić information content (AvgIpc) is 2.08. The minimum absolute atomic E-state index is 0.474. The van der Waals surface area contributed by atoms with Crippen molar-refractivity contribution in [2.24, 2.45) is 10.3 Å². The molecule has 0 atom stereocenters. The first-order chi connectivity index (χ1) is 6.16. The topological polar surface area (TPSA) is 28.0 Å². The summed E-state index contributed by atoms with van der Waals surface area (Å²) in [6, 6.07) is 3.42. The number of benzene rings is 1. The van der Waals surface area contributed by atoms with Gasteiger partial charge >= 0.3 is 0 Å². The van der Waals surface area contributed by atoms with Crippen molar-refractivity contribution in [3.63, 3.8) is 0 Å². The van der Waals surface area contributed by atoms with Gasteiger partial charge in [0.05, 0.1) is 22.3 Å². The molecule has 13 heavy (non-hydrogen) atoms. The number of hydrogen-bond donors (Lipinski definition) is 0. The van der Waals surface area contributed by atoms with E-state index in [9.17, 15) is 0 Å². The van der Waals surface area contributed by atoms with E-state index in [0.29, 0.717) is 22.3 Å². The van der Waals surface area contributed by atoms with E-state index in [1.54, 1.807) is 12.1 Å². The van der Waals surface area contributed by atoms with Crippen molar-refractivity contribution in [2.75, 3.05) is 0 Å². The summed E-state index contributed by atoms with van der Waals surface area (Å²) >= 11 is 17.3. The predicted octanol–water partition coefficient (Wildman–Crippen LogP) is 3.96. The maximum Gasteiger partial charge on any atom is 0.0941 e. The van der Waals surface area contributed by atoms with Crippen molar-refractivity contribution in [3.8, 4) is 0 Å². The summed E-state index contributed by atoms with van der Waals surface area (Å²) in [5, 5.41) is 8.49. The molecule has 0 spiro atoms. The van der Waals surface area contributed by atoms with Crippen LogP contribution in [0.2, 0.25) is 10.0 Å². The van der Waals surface area contributed by atoms with Gasteiger partial charge in [-0.25, -0.2) is 0 Å². The number of hydrogen-bond acceptors (Lipinski definition) is 3. The third-order valence-corrected chi connectivity index (χ3v) is 2.58. The second-order valence-electron chi connectivity index (χ2n) is 2.58. The zero-order valence-electron chi connectivity index (χ0n) is 6.34. The Morgan fingerprint density at radius 1 is 1.23 bits per heavy atom. The maximum absolute atomic E-state index is 5.83. The van der Waals surface area contributed by atoms with Crippen LogP contribution >= 0.6 is 35.0 Å². The summed E-state index contributed by atoms with van der Waals surface area (Å²) in [6.45, 7) is 0.483. The van der Waals surface area contributed by atoms with E-state index in [4.69, 9.17) is 35.0 Å². The third-order valence-electron chi connectivity index (χ3n) is 1.67. The van der Waals surface area contributed by atoms with Gasteiger partial charge in [-0.05, 0) is 12.1 Å². The Labute approximate surface area is 90.0 Å². The highest BCUT2D eigenvalue weighted by molar-refractivity contribution is 6.42. The molecule has 6 heteroatoms. The minimum atomic E-state index is 0.474. The Morgan fingerprint density at radius 3 is 2.69 bits per heavy atom. The van der Waals surface area contributed by atoms with Gasteiger partial charge in [-0.15, -0.1) is 5.11 Å². The monoisotopic (exact) mass is 235 g/mol. The molecule has 1 aliphatic heterocycles. The Bertz CT molecular complexity index is 377. The van der Waals surface area contributed by atoms with Gasteiger partial charge in [0.2, 0.25) is 0 Å². The van der Waals surface area contributed by atoms with Gasteiger partial charge in [0.15, 0.2) is 0 Å². The summed E-state index contributed by atoms with van der Waals surface area (Å²) in [7, 11) is 0. The molecule has 0 saturated heterocycles. The normalized spacial score (nSPS) is 14.5. The second-order valence-corrected chi connectivity index (χ2v) is 3.78. The van der Waals surface area contributed by atoms with Gasteiger partial charge in [-0.1, -0.05) is 28.4 Å². The highest BCUT2D eigenvalue weighted by Crippen LogP contribution is 2.34. The van der Waals surface area contributed by atoms with Crippen LogP contribution in [0.4, 0.5) is 5.69 Å². The smallest absolute Gasteiger partial charge is 0.0941 e. The lowest BCUT2D eigenvalue weighted by Gasteiger charge is -2.15. The summed E-state index contributed by atoms with van der Waals surface area (Å²) in [6.07, 6.45) is 0. The van der Waals surface area contributed by atoms with Crippen LogP contribution in [0.1, 0.15) is 5.56 Å². The van der Waals surface area contributed by atoms with Crippen LogP contribution in [0.25, 0.3) is 0 Å². The maximum atomic E-state index is 5.83. The first-order valence-corrected chi connectivity index (χ1v) is 4.59. The van der Waals surface area contributed by atoms with E-state index < -0.39 is 0 Å². The van der Waals surface area contributed by atoms with E-state index in [1.807, 2.05) is 0 Å². The van der Waals surface area contributed by atoms with Gasteiger partial charge in [-0.3, -0.25) is 0 Å². The fraction of sp³-hybridized carbons (Fsp3) is 0.143. The van der Waals surface area contributed by atoms with Crippen molar-refractivity contribution in [3.05, 3.63) is 27.7 Å². The summed E-state index contributed by atoms with van der Waals surface area (Å²) in [5.74, 6) is 0. The molecular weight excluding hydrogens is 232 g/mol. The third kappa shape index (κ3) is 1.73. The molecule has 0 fully saturated rings. The Morgan fingerprint density at radius 2 is 1.92 bits per heavy atom. The highest BCUT2D eigenvalue weighted by Gasteiger charge is 2.13. The zero-order chi connectivity index (χ0) is 9.42. The molecule has 0 saturated carbocycles. The number of fused-ring (bicyclic) bond motifs is 1. The van der Waals surface area contributed by atoms with Crippen LogP contribution in [-0.2, 0) is 6.54 Å². The van der Waals surface area contributed by atoms with Crippen molar-refractivity contribution in [1.82, 2.24) is 4.53 Å². The van der Waals surface area contributed by atoms with E-state index in [-0.39, 0.29) is 0 Å². The molecule has 1 heterocycles. The van der Waals surface area contributed by atoms with Gasteiger partial charge in [0, 0.05) is 17.3 Å². The van der Waals surface area contributed by atoms with Gasteiger partial charge < -0.3 is 0 Å². The largest absolute Gasteiger partial charge is 0.182 e. The molecule has 0 unspecified atom stereocenters. The van der Waals surface area contributed by atoms with Crippen LogP contribution in [0, 0.1) is 0 Å². The number of rotatable bonds is 0. The number of nitrogens with zero attached hydrogens (tertiary/aromatic N) is 3. The molecule has 1 aliphatic rings. The first kappa shape index (κ1) is 9.06. The summed E-state index contributed by atoms with van der Waals surface area (Å²) < 4.78 is 1.21. The highest BCUT2D eigenvalue weighted by atomic mass is 35.5. The molecule has 2 rings (SSSR count). The van der Waals surface area contributed by atoms with Crippen molar-refractivity contribution < 1.29 is 0 Å².